The molecular formula is C11H9N2+. The van der Waals surface area contributed by atoms with Crippen LogP contribution < -0.4 is 4.98 Å². The van der Waals surface area contributed by atoms with Gasteiger partial charge in [0, 0.05) is 5.39 Å². The van der Waals surface area contributed by atoms with Crippen molar-refractivity contribution >= 4 is 21.9 Å². The maximum atomic E-state index is 3.32. The summed E-state index contributed by atoms with van der Waals surface area (Å²) in [5.74, 6) is 0. The Kier molecular flexibility index (Phi) is 1.19. The van der Waals surface area contributed by atoms with Gasteiger partial charge >= 0.3 is 0 Å². The number of aromatic nitrogens is 2. The van der Waals surface area contributed by atoms with Gasteiger partial charge in [-0.15, -0.1) is 0 Å². The molecule has 2 nitrogen and oxygen atoms in total. The van der Waals surface area contributed by atoms with Gasteiger partial charge < -0.3 is 0 Å². The minimum absolute atomic E-state index is 1.09. The molecule has 3 rings (SSSR count). The molecule has 1 aromatic carbocycles. The van der Waals surface area contributed by atoms with Gasteiger partial charge in [-0.1, -0.05) is 12.1 Å². The number of H-pyrrole nitrogens is 2. The summed E-state index contributed by atoms with van der Waals surface area (Å²) in [5.41, 5.74) is 2.27. The zero-order valence-electron chi connectivity index (χ0n) is 7.04. The van der Waals surface area contributed by atoms with Gasteiger partial charge in [0.25, 0.3) is 5.65 Å². The highest BCUT2D eigenvalue weighted by atomic mass is 14.8. The Morgan fingerprint density at radius 1 is 0.923 bits per heavy atom. The SMILES string of the molecule is c1ccc2c(c1)[nH]c1[nH+]cccc12. The van der Waals surface area contributed by atoms with Crippen LogP contribution in [0.3, 0.4) is 0 Å². The fourth-order valence-corrected chi connectivity index (χ4v) is 1.73. The molecule has 62 valence electrons. The van der Waals surface area contributed by atoms with Crippen molar-refractivity contribution in [1.82, 2.24) is 4.98 Å². The van der Waals surface area contributed by atoms with Gasteiger partial charge in [-0.25, -0.2) is 9.97 Å². The van der Waals surface area contributed by atoms with Crippen LogP contribution in [0.1, 0.15) is 0 Å². The monoisotopic (exact) mass is 169 g/mol. The summed E-state index contributed by atoms with van der Waals surface area (Å²) >= 11 is 0. The molecule has 0 radical (unpaired) electrons. The van der Waals surface area contributed by atoms with Crippen molar-refractivity contribution in [2.75, 3.05) is 0 Å². The first-order chi connectivity index (χ1) is 6.45. The highest BCUT2D eigenvalue weighted by Crippen LogP contribution is 2.21. The summed E-state index contributed by atoms with van der Waals surface area (Å²) in [5, 5.41) is 2.52. The smallest absolute Gasteiger partial charge is 0.247 e. The lowest BCUT2D eigenvalue weighted by atomic mass is 10.2. The number of pyridine rings is 1. The van der Waals surface area contributed by atoms with Crippen LogP contribution in [0.25, 0.3) is 21.9 Å². The van der Waals surface area contributed by atoms with E-state index in [0.29, 0.717) is 0 Å². The molecule has 2 heterocycles. The number of para-hydroxylation sites is 1. The predicted octanol–water partition coefficient (Wildman–Crippen LogP) is 2.14. The summed E-state index contributed by atoms with van der Waals surface area (Å²) in [7, 11) is 0. The first-order valence-corrected chi connectivity index (χ1v) is 4.32. The fraction of sp³-hybridized carbons (Fsp3) is 0. The topological polar surface area (TPSA) is 29.9 Å². The largest absolute Gasteiger partial charge is 0.285 e. The minimum atomic E-state index is 1.09. The van der Waals surface area contributed by atoms with Gasteiger partial charge in [-0.05, 0) is 24.3 Å². The van der Waals surface area contributed by atoms with E-state index in [1.54, 1.807) is 0 Å². The van der Waals surface area contributed by atoms with Crippen LogP contribution in [0, 0.1) is 0 Å². The molecule has 0 aliphatic rings. The Bertz CT molecular complexity index is 516. The molecular weight excluding hydrogens is 160 g/mol. The van der Waals surface area contributed by atoms with Crippen molar-refractivity contribution in [3.05, 3.63) is 42.6 Å². The zero-order chi connectivity index (χ0) is 8.67. The first-order valence-electron chi connectivity index (χ1n) is 4.32. The van der Waals surface area contributed by atoms with Crippen molar-refractivity contribution in [2.24, 2.45) is 0 Å². The van der Waals surface area contributed by atoms with Gasteiger partial charge in [-0.3, -0.25) is 0 Å². The van der Waals surface area contributed by atoms with Crippen molar-refractivity contribution in [3.63, 3.8) is 0 Å². The molecule has 0 aliphatic carbocycles. The molecule has 0 aliphatic heterocycles. The van der Waals surface area contributed by atoms with Gasteiger partial charge in [0.2, 0.25) is 0 Å². The van der Waals surface area contributed by atoms with Crippen molar-refractivity contribution < 1.29 is 4.98 Å². The second-order valence-corrected chi connectivity index (χ2v) is 3.13. The number of nitrogens with one attached hydrogen (secondary N) is 2. The number of hydrogen-bond donors (Lipinski definition) is 1. The van der Waals surface area contributed by atoms with Crippen LogP contribution in [0.4, 0.5) is 0 Å². The average molecular weight is 169 g/mol. The quantitative estimate of drug-likeness (QED) is 0.534. The lowest BCUT2D eigenvalue weighted by Crippen LogP contribution is -1.99. The number of hydrogen-bond acceptors (Lipinski definition) is 0. The third-order valence-corrected chi connectivity index (χ3v) is 2.33. The average Bonchev–Trinajstić information content (AvgIpc) is 2.56. The molecule has 0 atom stereocenters. The summed E-state index contributed by atoms with van der Waals surface area (Å²) in [6, 6.07) is 12.4. The Hall–Kier alpha value is -1.83. The molecule has 0 amide bonds. The maximum absolute atomic E-state index is 3.32. The van der Waals surface area contributed by atoms with Crippen LogP contribution in [-0.2, 0) is 0 Å². The lowest BCUT2D eigenvalue weighted by Gasteiger charge is -1.83. The maximum Gasteiger partial charge on any atom is 0.285 e. The Morgan fingerprint density at radius 2 is 1.77 bits per heavy atom. The van der Waals surface area contributed by atoms with Crippen molar-refractivity contribution in [1.29, 1.82) is 0 Å². The number of aromatic amines is 2. The Balaban J connectivity index is 2.64. The zero-order valence-corrected chi connectivity index (χ0v) is 7.04. The van der Waals surface area contributed by atoms with Crippen LogP contribution in [0.2, 0.25) is 0 Å². The molecule has 2 aromatic heterocycles. The normalized spacial score (nSPS) is 11.1. The van der Waals surface area contributed by atoms with Crippen LogP contribution in [0.5, 0.6) is 0 Å². The van der Waals surface area contributed by atoms with Crippen molar-refractivity contribution in [3.8, 4) is 0 Å². The molecule has 3 aromatic rings. The van der Waals surface area contributed by atoms with Gasteiger partial charge in [0.05, 0.1) is 11.6 Å². The predicted molar refractivity (Wildman–Crippen MR) is 52.4 cm³/mol. The van der Waals surface area contributed by atoms with E-state index < -0.39 is 0 Å². The summed E-state index contributed by atoms with van der Waals surface area (Å²) < 4.78 is 0. The fourth-order valence-electron chi connectivity index (χ4n) is 1.73. The summed E-state index contributed by atoms with van der Waals surface area (Å²) in [6.45, 7) is 0. The second kappa shape index (κ2) is 2.33. The first kappa shape index (κ1) is 6.66. The van der Waals surface area contributed by atoms with E-state index in [-0.39, 0.29) is 0 Å². The van der Waals surface area contributed by atoms with Crippen LogP contribution in [-0.4, -0.2) is 4.98 Å². The van der Waals surface area contributed by atoms with E-state index in [9.17, 15) is 0 Å². The number of fused-ring (bicyclic) bond motifs is 3. The molecule has 0 saturated heterocycles. The standard InChI is InChI=1S/C11H8N2/c1-2-6-10-8(4-1)9-5-3-7-12-11(9)13-10/h1-7H,(H,12,13)/p+1. The highest BCUT2D eigenvalue weighted by molar-refractivity contribution is 6.04. The Labute approximate surface area is 75.2 Å². The van der Waals surface area contributed by atoms with Gasteiger partial charge in [0.15, 0.2) is 0 Å². The third-order valence-electron chi connectivity index (χ3n) is 2.33. The number of benzene rings is 1. The van der Waals surface area contributed by atoms with Crippen LogP contribution in [0.15, 0.2) is 42.6 Å². The third kappa shape index (κ3) is 0.855. The summed E-state index contributed by atoms with van der Waals surface area (Å²) in [6.07, 6.45) is 1.93. The Morgan fingerprint density at radius 3 is 2.77 bits per heavy atom. The van der Waals surface area contributed by atoms with E-state index in [2.05, 4.69) is 34.2 Å². The molecule has 0 fully saturated rings. The van der Waals surface area contributed by atoms with Crippen LogP contribution >= 0.6 is 0 Å². The molecule has 0 saturated carbocycles. The molecule has 0 bridgehead atoms. The second-order valence-electron chi connectivity index (χ2n) is 3.13. The molecule has 13 heavy (non-hydrogen) atoms. The van der Waals surface area contributed by atoms with Gasteiger partial charge in [-0.2, -0.15) is 0 Å². The minimum Gasteiger partial charge on any atom is -0.247 e. The molecule has 2 N–H and O–H groups in total. The number of rotatable bonds is 0. The van der Waals surface area contributed by atoms with E-state index in [0.717, 1.165) is 5.65 Å². The van der Waals surface area contributed by atoms with E-state index in [1.807, 2.05) is 18.3 Å². The molecule has 0 unspecified atom stereocenters. The molecule has 2 heteroatoms. The summed E-state index contributed by atoms with van der Waals surface area (Å²) in [4.78, 5) is 6.51. The van der Waals surface area contributed by atoms with E-state index in [4.69, 9.17) is 0 Å². The van der Waals surface area contributed by atoms with Crippen molar-refractivity contribution in [2.45, 2.75) is 0 Å². The molecule has 0 spiro atoms. The lowest BCUT2D eigenvalue weighted by molar-refractivity contribution is -0.347. The highest BCUT2D eigenvalue weighted by Gasteiger charge is 2.07. The van der Waals surface area contributed by atoms with E-state index >= 15 is 0 Å². The van der Waals surface area contributed by atoms with E-state index in [1.165, 1.54) is 16.3 Å². The van der Waals surface area contributed by atoms with Gasteiger partial charge in [0.1, 0.15) is 5.52 Å².